The maximum Gasteiger partial charge on any atom is 0.112 e. The van der Waals surface area contributed by atoms with Crippen LogP contribution in [0.25, 0.3) is 0 Å². The summed E-state index contributed by atoms with van der Waals surface area (Å²) in [6.45, 7) is 3.87. The van der Waals surface area contributed by atoms with Gasteiger partial charge in [-0.2, -0.15) is 0 Å². The zero-order valence-electron chi connectivity index (χ0n) is 7.71. The number of nitrogens with one attached hydrogen (secondary N) is 1. The molecule has 0 unspecified atom stereocenters. The summed E-state index contributed by atoms with van der Waals surface area (Å²) in [5.41, 5.74) is 1.09. The second-order valence-electron chi connectivity index (χ2n) is 3.35. The highest BCUT2D eigenvalue weighted by atomic mass is 32.1. The third-order valence-corrected chi connectivity index (χ3v) is 3.17. The normalized spacial score (nSPS) is 17.0. The molecule has 0 radical (unpaired) electrons. The molecule has 0 atom stereocenters. The molecule has 1 aliphatic rings. The first-order valence-electron chi connectivity index (χ1n) is 4.49. The molecule has 1 aromatic heterocycles. The van der Waals surface area contributed by atoms with Crippen LogP contribution in [0.1, 0.15) is 23.5 Å². The van der Waals surface area contributed by atoms with Gasteiger partial charge in [0.15, 0.2) is 0 Å². The molecule has 1 saturated heterocycles. The minimum absolute atomic E-state index is 0.771. The van der Waals surface area contributed by atoms with Gasteiger partial charge in [0.05, 0.1) is 12.4 Å². The van der Waals surface area contributed by atoms with Crippen LogP contribution < -0.4 is 0 Å². The van der Waals surface area contributed by atoms with Gasteiger partial charge in [0.2, 0.25) is 0 Å². The van der Waals surface area contributed by atoms with Gasteiger partial charge in [-0.25, -0.2) is 4.98 Å². The summed E-state index contributed by atoms with van der Waals surface area (Å²) in [6.07, 6.45) is 2.06. The molecule has 1 fully saturated rings. The molecule has 0 aliphatic carbocycles. The molecule has 0 saturated carbocycles. The van der Waals surface area contributed by atoms with Crippen LogP contribution in [0.3, 0.4) is 0 Å². The summed E-state index contributed by atoms with van der Waals surface area (Å²) in [4.78, 5) is 6.50. The molecule has 4 heteroatoms. The fourth-order valence-corrected chi connectivity index (χ4v) is 2.33. The van der Waals surface area contributed by atoms with E-state index in [0.29, 0.717) is 0 Å². The number of rotatable bonds is 2. The van der Waals surface area contributed by atoms with E-state index in [1.807, 2.05) is 6.92 Å². The maximum atomic E-state index is 7.66. The van der Waals surface area contributed by atoms with Crippen molar-refractivity contribution in [3.8, 4) is 0 Å². The molecule has 70 valence electrons. The molecule has 0 bridgehead atoms. The maximum absolute atomic E-state index is 7.66. The van der Waals surface area contributed by atoms with Crippen LogP contribution in [-0.4, -0.2) is 22.3 Å². The van der Waals surface area contributed by atoms with Crippen LogP contribution in [0.2, 0.25) is 0 Å². The summed E-state index contributed by atoms with van der Waals surface area (Å²) < 4.78 is 0. The van der Waals surface area contributed by atoms with Crippen LogP contribution >= 0.6 is 11.3 Å². The lowest BCUT2D eigenvalue weighted by Crippen LogP contribution is -2.23. The van der Waals surface area contributed by atoms with E-state index >= 15 is 0 Å². The van der Waals surface area contributed by atoms with Gasteiger partial charge in [0.25, 0.3) is 0 Å². The molecule has 1 aliphatic heterocycles. The Morgan fingerprint density at radius 2 is 2.54 bits per heavy atom. The molecule has 1 aromatic rings. The zero-order chi connectivity index (χ0) is 9.26. The average Bonchev–Trinajstić information content (AvgIpc) is 2.64. The topological polar surface area (TPSA) is 40.0 Å². The molecule has 2 rings (SSSR count). The summed E-state index contributed by atoms with van der Waals surface area (Å²) in [5, 5.41) is 10.9. The van der Waals surface area contributed by atoms with Gasteiger partial charge in [0.1, 0.15) is 5.01 Å². The minimum Gasteiger partial charge on any atom is -0.354 e. The fraction of sp³-hybridized carbons (Fsp3) is 0.556. The van der Waals surface area contributed by atoms with E-state index < -0.39 is 0 Å². The summed E-state index contributed by atoms with van der Waals surface area (Å²) >= 11 is 1.69. The van der Waals surface area contributed by atoms with Crippen molar-refractivity contribution in [3.63, 3.8) is 0 Å². The molecule has 3 nitrogen and oxygen atoms in total. The van der Waals surface area contributed by atoms with Gasteiger partial charge in [-0.15, -0.1) is 11.3 Å². The number of thiazole rings is 1. The Morgan fingerprint density at radius 3 is 3.08 bits per heavy atom. The van der Waals surface area contributed by atoms with Gasteiger partial charge in [0, 0.05) is 24.0 Å². The van der Waals surface area contributed by atoms with E-state index in [-0.39, 0.29) is 0 Å². The van der Waals surface area contributed by atoms with Gasteiger partial charge in [-0.05, 0) is 13.3 Å². The van der Waals surface area contributed by atoms with Crippen LogP contribution in [0, 0.1) is 12.3 Å². The highest BCUT2D eigenvalue weighted by Crippen LogP contribution is 2.16. The Bertz CT molecular complexity index is 318. The largest absolute Gasteiger partial charge is 0.354 e. The quantitative estimate of drug-likeness (QED) is 0.784. The lowest BCUT2D eigenvalue weighted by atomic mass is 10.4. The van der Waals surface area contributed by atoms with Gasteiger partial charge < -0.3 is 4.90 Å². The van der Waals surface area contributed by atoms with Gasteiger partial charge in [-0.3, -0.25) is 5.41 Å². The number of aryl methyl sites for hydroxylation is 1. The Hall–Kier alpha value is -0.900. The van der Waals surface area contributed by atoms with Gasteiger partial charge >= 0.3 is 0 Å². The smallest absolute Gasteiger partial charge is 0.112 e. The molecule has 0 amide bonds. The number of likely N-dealkylation sites (tertiary alicyclic amines) is 1. The first kappa shape index (κ1) is 8.69. The number of aromatic nitrogens is 1. The lowest BCUT2D eigenvalue weighted by Gasteiger charge is -2.15. The fourth-order valence-electron chi connectivity index (χ4n) is 1.54. The third kappa shape index (κ3) is 1.88. The second-order valence-corrected chi connectivity index (χ2v) is 4.30. The van der Waals surface area contributed by atoms with Crippen molar-refractivity contribution >= 4 is 17.2 Å². The highest BCUT2D eigenvalue weighted by Gasteiger charge is 2.17. The SMILES string of the molecule is Cc1csc(CN2CCCC2=N)n1. The van der Waals surface area contributed by atoms with Crippen molar-refractivity contribution < 1.29 is 0 Å². The highest BCUT2D eigenvalue weighted by molar-refractivity contribution is 7.09. The molecule has 13 heavy (non-hydrogen) atoms. The lowest BCUT2D eigenvalue weighted by molar-refractivity contribution is 0.445. The van der Waals surface area contributed by atoms with Gasteiger partial charge in [-0.1, -0.05) is 0 Å². The zero-order valence-corrected chi connectivity index (χ0v) is 8.52. The van der Waals surface area contributed by atoms with Crippen LogP contribution in [-0.2, 0) is 6.54 Å². The second kappa shape index (κ2) is 3.46. The van der Waals surface area contributed by atoms with Crippen molar-refractivity contribution in [2.24, 2.45) is 0 Å². The average molecular weight is 195 g/mol. The molecular formula is C9H13N3S. The van der Waals surface area contributed by atoms with E-state index in [0.717, 1.165) is 42.5 Å². The summed E-state index contributed by atoms with van der Waals surface area (Å²) in [7, 11) is 0. The standard InChI is InChI=1S/C9H13N3S/c1-7-6-13-9(11-7)5-12-4-2-3-8(12)10/h6,10H,2-5H2,1H3. The first-order chi connectivity index (χ1) is 6.25. The Balaban J connectivity index is 2.01. The predicted molar refractivity (Wildman–Crippen MR) is 54.2 cm³/mol. The number of hydrogen-bond acceptors (Lipinski definition) is 3. The van der Waals surface area contributed by atoms with Crippen LogP contribution in [0.4, 0.5) is 0 Å². The molecule has 0 spiro atoms. The number of hydrogen-bond donors (Lipinski definition) is 1. The van der Waals surface area contributed by atoms with E-state index in [1.165, 1.54) is 0 Å². The minimum atomic E-state index is 0.771. The summed E-state index contributed by atoms with van der Waals surface area (Å²) in [5.74, 6) is 0.771. The Labute approximate surface area is 81.9 Å². The summed E-state index contributed by atoms with van der Waals surface area (Å²) in [6, 6.07) is 0. The number of nitrogens with zero attached hydrogens (tertiary/aromatic N) is 2. The first-order valence-corrected chi connectivity index (χ1v) is 5.37. The van der Waals surface area contributed by atoms with Crippen molar-refractivity contribution in [1.29, 1.82) is 5.41 Å². The Morgan fingerprint density at radius 1 is 1.69 bits per heavy atom. The Kier molecular flexibility index (Phi) is 2.31. The number of amidine groups is 1. The van der Waals surface area contributed by atoms with Crippen molar-refractivity contribution in [2.45, 2.75) is 26.3 Å². The van der Waals surface area contributed by atoms with E-state index in [4.69, 9.17) is 5.41 Å². The molecule has 0 aromatic carbocycles. The molecular weight excluding hydrogens is 182 g/mol. The van der Waals surface area contributed by atoms with E-state index in [2.05, 4.69) is 15.3 Å². The van der Waals surface area contributed by atoms with Crippen LogP contribution in [0.15, 0.2) is 5.38 Å². The predicted octanol–water partition coefficient (Wildman–Crippen LogP) is 2.02. The monoisotopic (exact) mass is 195 g/mol. The van der Waals surface area contributed by atoms with E-state index in [1.54, 1.807) is 11.3 Å². The molecule has 1 N–H and O–H groups in total. The van der Waals surface area contributed by atoms with Crippen LogP contribution in [0.5, 0.6) is 0 Å². The van der Waals surface area contributed by atoms with Crippen molar-refractivity contribution in [2.75, 3.05) is 6.54 Å². The van der Waals surface area contributed by atoms with Crippen molar-refractivity contribution in [3.05, 3.63) is 16.1 Å². The third-order valence-electron chi connectivity index (χ3n) is 2.22. The molecule has 2 heterocycles. The van der Waals surface area contributed by atoms with E-state index in [9.17, 15) is 0 Å². The van der Waals surface area contributed by atoms with Crippen molar-refractivity contribution in [1.82, 2.24) is 9.88 Å².